The van der Waals surface area contributed by atoms with E-state index in [0.29, 0.717) is 12.8 Å². The molecule has 0 aliphatic rings. The van der Waals surface area contributed by atoms with Crippen LogP contribution in [-0.4, -0.2) is 49.3 Å². The minimum atomic E-state index is -4.39. The van der Waals surface area contributed by atoms with Crippen LogP contribution in [0.25, 0.3) is 0 Å². The maximum absolute atomic E-state index is 12.5. The van der Waals surface area contributed by atoms with E-state index < -0.39 is 32.5 Å². The summed E-state index contributed by atoms with van der Waals surface area (Å²) in [4.78, 5) is 34.7. The molecule has 0 aromatic rings. The van der Waals surface area contributed by atoms with Crippen LogP contribution in [0.2, 0.25) is 0 Å². The van der Waals surface area contributed by atoms with Crippen molar-refractivity contribution >= 4 is 19.8 Å². The van der Waals surface area contributed by atoms with E-state index in [-0.39, 0.29) is 32.6 Å². The monoisotopic (exact) mass is 737 g/mol. The summed E-state index contributed by atoms with van der Waals surface area (Å²) in [6.45, 7) is 3.59. The van der Waals surface area contributed by atoms with Gasteiger partial charge in [-0.2, -0.15) is 0 Å². The van der Waals surface area contributed by atoms with Gasteiger partial charge in [-0.1, -0.05) is 120 Å². The highest BCUT2D eigenvalue weighted by atomic mass is 31.2. The normalized spacial score (nSPS) is 14.0. The van der Waals surface area contributed by atoms with Crippen LogP contribution in [0.5, 0.6) is 0 Å². The maximum Gasteiger partial charge on any atom is 0.472 e. The molecule has 3 N–H and O–H groups in total. The fraction of sp³-hybridized carbons (Fsp3) is 0.707. The number of phosphoric acid groups is 1. The van der Waals surface area contributed by atoms with E-state index in [2.05, 4.69) is 74.6 Å². The van der Waals surface area contributed by atoms with Crippen molar-refractivity contribution in [1.29, 1.82) is 0 Å². The van der Waals surface area contributed by atoms with Crippen LogP contribution in [0, 0.1) is 0 Å². The third-order valence-corrected chi connectivity index (χ3v) is 8.86. The number of hydrogen-bond donors (Lipinski definition) is 2. The van der Waals surface area contributed by atoms with Gasteiger partial charge < -0.3 is 20.1 Å². The lowest BCUT2D eigenvalue weighted by molar-refractivity contribution is -0.161. The molecule has 0 heterocycles. The Morgan fingerprint density at radius 3 is 1.55 bits per heavy atom. The molecule has 0 aromatic carbocycles. The molecule has 0 radical (unpaired) electrons. The Morgan fingerprint density at radius 2 is 1.02 bits per heavy atom. The number of ether oxygens (including phenoxy) is 2. The first kappa shape index (κ1) is 48.7. The summed E-state index contributed by atoms with van der Waals surface area (Å²) < 4.78 is 32.6. The molecule has 294 valence electrons. The first-order valence-corrected chi connectivity index (χ1v) is 21.3. The molecule has 0 saturated carbocycles. The molecular formula is C41H72NO8P. The van der Waals surface area contributed by atoms with Gasteiger partial charge in [0.2, 0.25) is 0 Å². The average Bonchev–Trinajstić information content (AvgIpc) is 3.11. The van der Waals surface area contributed by atoms with Gasteiger partial charge in [0.15, 0.2) is 6.10 Å². The second kappa shape index (κ2) is 37.5. The Labute approximate surface area is 310 Å². The van der Waals surface area contributed by atoms with Crippen molar-refractivity contribution in [2.24, 2.45) is 5.73 Å². The molecular weight excluding hydrogens is 665 g/mol. The van der Waals surface area contributed by atoms with Crippen LogP contribution in [0.1, 0.15) is 155 Å². The molecule has 0 aromatic heterocycles. The number of hydrogen-bond acceptors (Lipinski definition) is 8. The van der Waals surface area contributed by atoms with Gasteiger partial charge in [0.1, 0.15) is 6.61 Å². The minimum Gasteiger partial charge on any atom is -0.462 e. The van der Waals surface area contributed by atoms with Crippen molar-refractivity contribution in [2.75, 3.05) is 26.4 Å². The number of allylic oxidation sites excluding steroid dienone is 10. The molecule has 0 rings (SSSR count). The summed E-state index contributed by atoms with van der Waals surface area (Å²) in [6, 6.07) is 0. The van der Waals surface area contributed by atoms with Crippen LogP contribution < -0.4 is 5.73 Å². The number of rotatable bonds is 36. The first-order chi connectivity index (χ1) is 24.8. The van der Waals surface area contributed by atoms with Crippen molar-refractivity contribution in [3.05, 3.63) is 60.8 Å². The zero-order valence-electron chi connectivity index (χ0n) is 32.1. The zero-order chi connectivity index (χ0) is 37.5. The van der Waals surface area contributed by atoms with E-state index in [0.717, 1.165) is 57.8 Å². The van der Waals surface area contributed by atoms with Crippen molar-refractivity contribution < 1.29 is 37.6 Å². The Balaban J connectivity index is 4.35. The quantitative estimate of drug-likeness (QED) is 0.0279. The summed E-state index contributed by atoms with van der Waals surface area (Å²) >= 11 is 0. The van der Waals surface area contributed by atoms with Crippen molar-refractivity contribution in [3.8, 4) is 0 Å². The molecule has 0 bridgehead atoms. The molecule has 0 aliphatic carbocycles. The number of esters is 2. The molecule has 0 amide bonds. The molecule has 51 heavy (non-hydrogen) atoms. The van der Waals surface area contributed by atoms with Crippen LogP contribution in [0.15, 0.2) is 60.8 Å². The molecule has 0 aliphatic heterocycles. The van der Waals surface area contributed by atoms with E-state index in [1.165, 1.54) is 57.8 Å². The molecule has 10 heteroatoms. The SMILES string of the molecule is CCCCC/C=C/C/C=C/C/C=C/CCCCC(=O)OC[C@H](COP(=O)(O)OCCN)OC(=O)CCCC/C=C/C/C=C/CCCCCCCC. The number of carbonyl (C=O) groups is 2. The second-order valence-electron chi connectivity index (χ2n) is 12.8. The Hall–Kier alpha value is -2.29. The van der Waals surface area contributed by atoms with E-state index in [1.807, 2.05) is 0 Å². The fourth-order valence-corrected chi connectivity index (χ4v) is 5.67. The number of unbranched alkanes of at least 4 members (excludes halogenated alkanes) is 13. The van der Waals surface area contributed by atoms with Gasteiger partial charge in [-0.15, -0.1) is 0 Å². The smallest absolute Gasteiger partial charge is 0.462 e. The lowest BCUT2D eigenvalue weighted by Crippen LogP contribution is -2.29. The van der Waals surface area contributed by atoms with Gasteiger partial charge >= 0.3 is 19.8 Å². The number of carbonyl (C=O) groups excluding carboxylic acids is 2. The molecule has 0 spiro atoms. The van der Waals surface area contributed by atoms with Gasteiger partial charge in [-0.25, -0.2) is 4.57 Å². The van der Waals surface area contributed by atoms with Gasteiger partial charge in [-0.05, 0) is 83.5 Å². The molecule has 1 unspecified atom stereocenters. The lowest BCUT2D eigenvalue weighted by atomic mass is 10.1. The third-order valence-electron chi connectivity index (χ3n) is 7.88. The van der Waals surface area contributed by atoms with Gasteiger partial charge in [0.05, 0.1) is 13.2 Å². The summed E-state index contributed by atoms with van der Waals surface area (Å²) in [5.74, 6) is -0.918. The van der Waals surface area contributed by atoms with Crippen molar-refractivity contribution in [2.45, 2.75) is 161 Å². The van der Waals surface area contributed by atoms with Crippen molar-refractivity contribution in [1.82, 2.24) is 0 Å². The molecule has 9 nitrogen and oxygen atoms in total. The number of nitrogens with two attached hydrogens (primary N) is 1. The minimum absolute atomic E-state index is 0.0407. The van der Waals surface area contributed by atoms with Crippen LogP contribution in [-0.2, 0) is 32.7 Å². The zero-order valence-corrected chi connectivity index (χ0v) is 33.0. The molecule has 0 saturated heterocycles. The molecule has 2 atom stereocenters. The summed E-state index contributed by atoms with van der Waals surface area (Å²) in [6.07, 6.45) is 42.6. The van der Waals surface area contributed by atoms with Gasteiger partial charge in [-0.3, -0.25) is 18.6 Å². The maximum atomic E-state index is 12.5. The average molecular weight is 738 g/mol. The van der Waals surface area contributed by atoms with Crippen LogP contribution >= 0.6 is 7.82 Å². The van der Waals surface area contributed by atoms with E-state index in [4.69, 9.17) is 24.3 Å². The van der Waals surface area contributed by atoms with Gasteiger partial charge in [0.25, 0.3) is 0 Å². The fourth-order valence-electron chi connectivity index (χ4n) is 4.90. The Morgan fingerprint density at radius 1 is 0.588 bits per heavy atom. The Bertz CT molecular complexity index is 1020. The third kappa shape index (κ3) is 37.3. The van der Waals surface area contributed by atoms with Crippen molar-refractivity contribution in [3.63, 3.8) is 0 Å². The number of phosphoric ester groups is 1. The largest absolute Gasteiger partial charge is 0.472 e. The predicted molar refractivity (Wildman–Crippen MR) is 210 cm³/mol. The Kier molecular flexibility index (Phi) is 35.8. The topological polar surface area (TPSA) is 134 Å². The predicted octanol–water partition coefficient (Wildman–Crippen LogP) is 10.9. The highest BCUT2D eigenvalue weighted by molar-refractivity contribution is 7.47. The van der Waals surface area contributed by atoms with E-state index in [1.54, 1.807) is 0 Å². The second-order valence-corrected chi connectivity index (χ2v) is 14.2. The summed E-state index contributed by atoms with van der Waals surface area (Å²) in [5.41, 5.74) is 5.33. The summed E-state index contributed by atoms with van der Waals surface area (Å²) in [7, 11) is -4.39. The van der Waals surface area contributed by atoms with E-state index in [9.17, 15) is 19.0 Å². The van der Waals surface area contributed by atoms with Gasteiger partial charge in [0, 0.05) is 19.4 Å². The van der Waals surface area contributed by atoms with E-state index >= 15 is 0 Å². The first-order valence-electron chi connectivity index (χ1n) is 19.8. The summed E-state index contributed by atoms with van der Waals surface area (Å²) in [5, 5.41) is 0. The highest BCUT2D eigenvalue weighted by Crippen LogP contribution is 2.43. The van der Waals surface area contributed by atoms with Crippen LogP contribution in [0.3, 0.4) is 0 Å². The molecule has 0 fully saturated rings. The highest BCUT2D eigenvalue weighted by Gasteiger charge is 2.25. The van der Waals surface area contributed by atoms with Crippen LogP contribution in [0.4, 0.5) is 0 Å². The lowest BCUT2D eigenvalue weighted by Gasteiger charge is -2.19. The standard InChI is InChI=1S/C41H72NO8P/c1-3-5-7-9-11-13-15-17-19-21-23-25-27-29-31-33-40(43)47-37-39(38-49-51(45,46)48-36-35-42)50-41(44)34-32-30-28-26-24-22-20-18-16-14-12-10-8-6-4-2/h11,13,17-20,23-26,39H,3-10,12,14-16,21-22,27-38,42H2,1-2H3,(H,45,46)/b13-11+,19-17+,20-18+,25-23+,26-24+/t39-/m1/s1.